The Labute approximate surface area is 177 Å². The summed E-state index contributed by atoms with van der Waals surface area (Å²) in [5.41, 5.74) is 2.33. The van der Waals surface area contributed by atoms with Gasteiger partial charge in [-0.25, -0.2) is 4.79 Å². The minimum absolute atomic E-state index is 0.00453. The Bertz CT molecular complexity index is 1150. The Morgan fingerprint density at radius 2 is 1.97 bits per heavy atom. The van der Waals surface area contributed by atoms with Crippen LogP contribution < -0.4 is 14.8 Å². The van der Waals surface area contributed by atoms with E-state index in [-0.39, 0.29) is 23.6 Å². The molecule has 1 aromatic heterocycles. The second-order valence-corrected chi connectivity index (χ2v) is 7.28. The van der Waals surface area contributed by atoms with E-state index in [1.807, 2.05) is 18.2 Å². The molecule has 0 radical (unpaired) electrons. The largest absolute Gasteiger partial charge is 0.493 e. The number of carboxylic acid groups (broad SMARTS) is 1. The minimum atomic E-state index is -1.13. The predicted octanol–water partition coefficient (Wildman–Crippen LogP) is 4.32. The summed E-state index contributed by atoms with van der Waals surface area (Å²) in [5, 5.41) is 13.0. The number of ether oxygens (including phenoxy) is 2. The maximum absolute atomic E-state index is 12.5. The molecule has 2 heterocycles. The van der Waals surface area contributed by atoms with Crippen molar-refractivity contribution in [3.05, 3.63) is 70.5 Å². The lowest BCUT2D eigenvalue weighted by Gasteiger charge is -2.27. The van der Waals surface area contributed by atoms with Crippen molar-refractivity contribution in [3.63, 3.8) is 0 Å². The highest BCUT2D eigenvalue weighted by atomic mass is 35.5. The maximum Gasteiger partial charge on any atom is 0.339 e. The molecule has 8 heteroatoms. The van der Waals surface area contributed by atoms with E-state index in [2.05, 4.69) is 5.32 Å². The molecule has 1 amide bonds. The SMILES string of the molecule is COc1cccc([C@@H]2CC(=O)Nc3c(C(=O)O)cn(-c4cccc(Cl)c4)c32)c1OC. The molecule has 30 heavy (non-hydrogen) atoms. The summed E-state index contributed by atoms with van der Waals surface area (Å²) in [6, 6.07) is 12.5. The number of methoxy groups -OCH3 is 2. The number of halogens is 1. The topological polar surface area (TPSA) is 89.8 Å². The summed E-state index contributed by atoms with van der Waals surface area (Å²) in [6.07, 6.45) is 1.63. The van der Waals surface area contributed by atoms with Gasteiger partial charge in [-0.3, -0.25) is 4.79 Å². The van der Waals surface area contributed by atoms with Crippen LogP contribution in [-0.4, -0.2) is 35.8 Å². The molecule has 0 unspecified atom stereocenters. The van der Waals surface area contributed by atoms with Gasteiger partial charge in [0.1, 0.15) is 5.56 Å². The average molecular weight is 427 g/mol. The molecule has 1 aliphatic heterocycles. The molecule has 2 aromatic carbocycles. The third-order valence-corrected chi connectivity index (χ3v) is 5.39. The molecule has 0 bridgehead atoms. The molecule has 4 rings (SSSR count). The number of amides is 1. The molecule has 0 saturated heterocycles. The Balaban J connectivity index is 2.01. The Morgan fingerprint density at radius 3 is 2.63 bits per heavy atom. The van der Waals surface area contributed by atoms with Crippen LogP contribution in [0.15, 0.2) is 48.7 Å². The first-order chi connectivity index (χ1) is 14.4. The van der Waals surface area contributed by atoms with E-state index in [1.165, 1.54) is 20.4 Å². The zero-order valence-electron chi connectivity index (χ0n) is 16.3. The zero-order chi connectivity index (χ0) is 21.4. The average Bonchev–Trinajstić information content (AvgIpc) is 3.12. The summed E-state index contributed by atoms with van der Waals surface area (Å²) >= 11 is 6.18. The molecular weight excluding hydrogens is 408 g/mol. The van der Waals surface area contributed by atoms with E-state index in [4.69, 9.17) is 21.1 Å². The fourth-order valence-electron chi connectivity index (χ4n) is 3.91. The van der Waals surface area contributed by atoms with E-state index >= 15 is 0 Å². The van der Waals surface area contributed by atoms with Crippen molar-refractivity contribution >= 4 is 29.2 Å². The Hall–Kier alpha value is -3.45. The molecule has 2 N–H and O–H groups in total. The van der Waals surface area contributed by atoms with Gasteiger partial charge < -0.3 is 24.5 Å². The van der Waals surface area contributed by atoms with Gasteiger partial charge in [0.05, 0.1) is 25.6 Å². The molecule has 0 saturated carbocycles. The number of nitrogens with zero attached hydrogens (tertiary/aromatic N) is 1. The second-order valence-electron chi connectivity index (χ2n) is 6.85. The number of hydrogen-bond donors (Lipinski definition) is 2. The van der Waals surface area contributed by atoms with Crippen molar-refractivity contribution in [2.45, 2.75) is 12.3 Å². The number of aromatic nitrogens is 1. The van der Waals surface area contributed by atoms with E-state index in [9.17, 15) is 14.7 Å². The number of fused-ring (bicyclic) bond motifs is 1. The fraction of sp³-hybridized carbons (Fsp3) is 0.182. The van der Waals surface area contributed by atoms with Crippen molar-refractivity contribution in [3.8, 4) is 17.2 Å². The van der Waals surface area contributed by atoms with Crippen molar-refractivity contribution in [1.82, 2.24) is 4.57 Å². The summed E-state index contributed by atoms with van der Waals surface area (Å²) in [6.45, 7) is 0. The second kappa shape index (κ2) is 7.76. The van der Waals surface area contributed by atoms with E-state index in [0.29, 0.717) is 27.9 Å². The monoisotopic (exact) mass is 426 g/mol. The van der Waals surface area contributed by atoms with Crippen LogP contribution in [0, 0.1) is 0 Å². The van der Waals surface area contributed by atoms with Crippen LogP contribution in [0.25, 0.3) is 5.69 Å². The number of aromatic carboxylic acids is 1. The summed E-state index contributed by atoms with van der Waals surface area (Å²) in [4.78, 5) is 24.5. The smallest absolute Gasteiger partial charge is 0.339 e. The van der Waals surface area contributed by atoms with Crippen LogP contribution in [0.2, 0.25) is 5.02 Å². The lowest BCUT2D eigenvalue weighted by molar-refractivity contribution is -0.116. The number of nitrogens with one attached hydrogen (secondary N) is 1. The maximum atomic E-state index is 12.5. The minimum Gasteiger partial charge on any atom is -0.493 e. The van der Waals surface area contributed by atoms with Gasteiger partial charge in [0.2, 0.25) is 5.91 Å². The molecule has 154 valence electrons. The third kappa shape index (κ3) is 3.27. The molecule has 1 atom stereocenters. The number of hydrogen-bond acceptors (Lipinski definition) is 4. The van der Waals surface area contributed by atoms with E-state index in [0.717, 1.165) is 5.56 Å². The van der Waals surface area contributed by atoms with Gasteiger partial charge >= 0.3 is 5.97 Å². The lowest BCUT2D eigenvalue weighted by atomic mass is 9.87. The normalized spacial score (nSPS) is 15.3. The number of anilines is 1. The Kier molecular flexibility index (Phi) is 5.13. The van der Waals surface area contributed by atoms with Crippen LogP contribution in [-0.2, 0) is 4.79 Å². The predicted molar refractivity (Wildman–Crippen MR) is 112 cm³/mol. The van der Waals surface area contributed by atoms with E-state index < -0.39 is 11.9 Å². The number of carbonyl (C=O) groups is 2. The number of benzene rings is 2. The van der Waals surface area contributed by atoms with Gasteiger partial charge in [0.25, 0.3) is 0 Å². The van der Waals surface area contributed by atoms with Gasteiger partial charge in [-0.2, -0.15) is 0 Å². The van der Waals surface area contributed by atoms with Crippen molar-refractivity contribution in [1.29, 1.82) is 0 Å². The van der Waals surface area contributed by atoms with Gasteiger partial charge in [-0.15, -0.1) is 0 Å². The zero-order valence-corrected chi connectivity index (χ0v) is 17.1. The molecule has 1 aliphatic rings. The Morgan fingerprint density at radius 1 is 1.20 bits per heavy atom. The third-order valence-electron chi connectivity index (χ3n) is 5.15. The highest BCUT2D eigenvalue weighted by Gasteiger charge is 2.36. The molecule has 0 aliphatic carbocycles. The van der Waals surface area contributed by atoms with Crippen LogP contribution in [0.3, 0.4) is 0 Å². The van der Waals surface area contributed by atoms with Crippen molar-refractivity contribution in [2.75, 3.05) is 19.5 Å². The van der Waals surface area contributed by atoms with Crippen LogP contribution >= 0.6 is 11.6 Å². The summed E-state index contributed by atoms with van der Waals surface area (Å²) in [5.74, 6) is -0.830. The first-order valence-electron chi connectivity index (χ1n) is 9.19. The van der Waals surface area contributed by atoms with Gasteiger partial charge in [-0.1, -0.05) is 29.8 Å². The molecule has 7 nitrogen and oxygen atoms in total. The van der Waals surface area contributed by atoms with Crippen LogP contribution in [0.4, 0.5) is 5.69 Å². The summed E-state index contributed by atoms with van der Waals surface area (Å²) < 4.78 is 12.8. The van der Waals surface area contributed by atoms with Crippen molar-refractivity contribution in [2.24, 2.45) is 0 Å². The van der Waals surface area contributed by atoms with Crippen LogP contribution in [0.5, 0.6) is 11.5 Å². The van der Waals surface area contributed by atoms with Gasteiger partial charge in [-0.05, 0) is 24.3 Å². The molecule has 3 aromatic rings. The molecule has 0 fully saturated rings. The first-order valence-corrected chi connectivity index (χ1v) is 9.57. The van der Waals surface area contributed by atoms with Crippen molar-refractivity contribution < 1.29 is 24.2 Å². The van der Waals surface area contributed by atoms with Gasteiger partial charge in [0.15, 0.2) is 11.5 Å². The van der Waals surface area contributed by atoms with Gasteiger partial charge in [0, 0.05) is 34.8 Å². The summed E-state index contributed by atoms with van der Waals surface area (Å²) in [7, 11) is 3.07. The number of carbonyl (C=O) groups excluding carboxylic acids is 1. The quantitative estimate of drug-likeness (QED) is 0.634. The standard InChI is InChI=1S/C22H19ClN2O5/c1-29-17-8-4-7-14(21(17)30-2)15-10-18(26)24-19-16(22(27)28)11-25(20(15)19)13-6-3-5-12(23)9-13/h3-9,11,15H,10H2,1-2H3,(H,24,26)(H,27,28)/t15-/m0/s1. The van der Waals surface area contributed by atoms with Crippen LogP contribution in [0.1, 0.15) is 34.0 Å². The fourth-order valence-corrected chi connectivity index (χ4v) is 4.10. The molecular formula is C22H19ClN2O5. The highest BCUT2D eigenvalue weighted by Crippen LogP contribution is 2.46. The van der Waals surface area contributed by atoms with E-state index in [1.54, 1.807) is 28.8 Å². The first kappa shape index (κ1) is 19.8. The lowest BCUT2D eigenvalue weighted by Crippen LogP contribution is -2.25. The number of rotatable bonds is 5. The number of para-hydroxylation sites is 1. The highest BCUT2D eigenvalue weighted by molar-refractivity contribution is 6.30. The number of carboxylic acids is 1. The molecule has 0 spiro atoms.